The lowest BCUT2D eigenvalue weighted by Gasteiger charge is -2.17. The number of aromatic nitrogens is 2. The lowest BCUT2D eigenvalue weighted by molar-refractivity contribution is 0.567. The average Bonchev–Trinajstić information content (AvgIpc) is 3.15. The number of rotatable bonds is 1. The van der Waals surface area contributed by atoms with Crippen molar-refractivity contribution in [1.29, 1.82) is 0 Å². The summed E-state index contributed by atoms with van der Waals surface area (Å²) in [5.74, 6) is 0. The van der Waals surface area contributed by atoms with Crippen molar-refractivity contribution in [3.8, 4) is 11.3 Å². The summed E-state index contributed by atoms with van der Waals surface area (Å²) in [6, 6.07) is 25.7. The SMILES string of the molecule is CC(C)(C)c1cc(-c2cccc3c2oc2cc4c(ccc5ccccc54)cc23)ncn1. The predicted molar refractivity (Wildman–Crippen MR) is 128 cm³/mol. The summed E-state index contributed by atoms with van der Waals surface area (Å²) in [7, 11) is 0. The van der Waals surface area contributed by atoms with Crippen LogP contribution in [0, 0.1) is 0 Å². The number of hydrogen-bond donors (Lipinski definition) is 0. The van der Waals surface area contributed by atoms with Crippen molar-refractivity contribution in [2.45, 2.75) is 26.2 Å². The van der Waals surface area contributed by atoms with E-state index >= 15 is 0 Å². The van der Waals surface area contributed by atoms with Gasteiger partial charge in [0.25, 0.3) is 0 Å². The molecule has 0 aliphatic rings. The first-order valence-electron chi connectivity index (χ1n) is 10.6. The van der Waals surface area contributed by atoms with Crippen LogP contribution in [0.3, 0.4) is 0 Å². The molecule has 31 heavy (non-hydrogen) atoms. The van der Waals surface area contributed by atoms with Gasteiger partial charge in [-0.15, -0.1) is 0 Å². The van der Waals surface area contributed by atoms with Gasteiger partial charge in [0.1, 0.15) is 17.5 Å². The third kappa shape index (κ3) is 2.81. The molecule has 0 saturated heterocycles. The Kier molecular flexibility index (Phi) is 3.73. The third-order valence-electron chi connectivity index (χ3n) is 6.07. The molecule has 2 heterocycles. The summed E-state index contributed by atoms with van der Waals surface area (Å²) in [4.78, 5) is 9.05. The Balaban J connectivity index is 1.65. The lowest BCUT2D eigenvalue weighted by Crippen LogP contribution is -2.13. The minimum absolute atomic E-state index is 0.0434. The van der Waals surface area contributed by atoms with Crippen LogP contribution >= 0.6 is 0 Å². The summed E-state index contributed by atoms with van der Waals surface area (Å²) in [6.07, 6.45) is 1.65. The van der Waals surface area contributed by atoms with Gasteiger partial charge in [0.2, 0.25) is 0 Å². The van der Waals surface area contributed by atoms with Gasteiger partial charge in [0.05, 0.1) is 5.69 Å². The van der Waals surface area contributed by atoms with Crippen LogP contribution in [0.1, 0.15) is 26.5 Å². The van der Waals surface area contributed by atoms with E-state index in [4.69, 9.17) is 4.42 Å². The second kappa shape index (κ2) is 6.39. The summed E-state index contributed by atoms with van der Waals surface area (Å²) < 4.78 is 6.46. The molecule has 4 aromatic carbocycles. The molecule has 0 aliphatic heterocycles. The van der Waals surface area contributed by atoms with Crippen LogP contribution in [0.25, 0.3) is 54.7 Å². The first-order valence-corrected chi connectivity index (χ1v) is 10.6. The maximum absolute atomic E-state index is 6.46. The van der Waals surface area contributed by atoms with Gasteiger partial charge >= 0.3 is 0 Å². The van der Waals surface area contributed by atoms with Crippen molar-refractivity contribution in [2.75, 3.05) is 0 Å². The maximum Gasteiger partial charge on any atom is 0.144 e. The Hall–Kier alpha value is -3.72. The van der Waals surface area contributed by atoms with Crippen LogP contribution in [0.5, 0.6) is 0 Å². The molecule has 150 valence electrons. The van der Waals surface area contributed by atoms with Gasteiger partial charge in [0, 0.05) is 27.4 Å². The van der Waals surface area contributed by atoms with E-state index in [0.29, 0.717) is 0 Å². The topological polar surface area (TPSA) is 38.9 Å². The number of nitrogens with zero attached hydrogens (tertiary/aromatic N) is 2. The Morgan fingerprint density at radius 3 is 2.35 bits per heavy atom. The molecule has 0 unspecified atom stereocenters. The number of furan rings is 1. The standard InChI is InChI=1S/C28H22N2O/c1-28(2,3)26-15-24(29-16-30-26)21-10-6-9-20-23-13-18-12-11-17-7-4-5-8-19(17)22(18)14-25(23)31-27(20)21/h4-16H,1-3H3. The summed E-state index contributed by atoms with van der Waals surface area (Å²) in [6.45, 7) is 6.49. The van der Waals surface area contributed by atoms with Crippen molar-refractivity contribution in [3.63, 3.8) is 0 Å². The van der Waals surface area contributed by atoms with Crippen LogP contribution in [-0.2, 0) is 5.41 Å². The Labute approximate surface area is 180 Å². The van der Waals surface area contributed by atoms with E-state index in [2.05, 4.69) is 104 Å². The van der Waals surface area contributed by atoms with Crippen molar-refractivity contribution < 1.29 is 4.42 Å². The van der Waals surface area contributed by atoms with Crippen molar-refractivity contribution in [2.24, 2.45) is 0 Å². The molecule has 2 aromatic heterocycles. The minimum Gasteiger partial charge on any atom is -0.455 e. The van der Waals surface area contributed by atoms with Crippen molar-refractivity contribution in [3.05, 3.63) is 84.8 Å². The summed E-state index contributed by atoms with van der Waals surface area (Å²) in [5, 5.41) is 7.15. The molecule has 6 rings (SSSR count). The van der Waals surface area contributed by atoms with E-state index in [0.717, 1.165) is 38.9 Å². The third-order valence-corrected chi connectivity index (χ3v) is 6.07. The van der Waals surface area contributed by atoms with Crippen LogP contribution in [0.2, 0.25) is 0 Å². The second-order valence-electron chi connectivity index (χ2n) is 9.18. The highest BCUT2D eigenvalue weighted by Gasteiger charge is 2.19. The molecule has 0 saturated carbocycles. The molecule has 3 nitrogen and oxygen atoms in total. The quantitative estimate of drug-likeness (QED) is 0.265. The Bertz CT molecular complexity index is 1620. The zero-order valence-corrected chi connectivity index (χ0v) is 17.8. The second-order valence-corrected chi connectivity index (χ2v) is 9.18. The minimum atomic E-state index is -0.0434. The first-order chi connectivity index (χ1) is 15.0. The maximum atomic E-state index is 6.46. The molecular formula is C28H22N2O. The molecule has 0 fully saturated rings. The van der Waals surface area contributed by atoms with Gasteiger partial charge in [-0.2, -0.15) is 0 Å². The molecule has 0 amide bonds. The molecule has 0 spiro atoms. The van der Waals surface area contributed by atoms with Crippen LogP contribution in [-0.4, -0.2) is 9.97 Å². The molecule has 0 atom stereocenters. The fourth-order valence-corrected chi connectivity index (χ4v) is 4.42. The highest BCUT2D eigenvalue weighted by molar-refractivity contribution is 6.17. The smallest absolute Gasteiger partial charge is 0.144 e. The van der Waals surface area contributed by atoms with Gasteiger partial charge in [-0.25, -0.2) is 9.97 Å². The summed E-state index contributed by atoms with van der Waals surface area (Å²) in [5.41, 5.74) is 4.63. The molecular weight excluding hydrogens is 380 g/mol. The molecule has 0 aliphatic carbocycles. The average molecular weight is 402 g/mol. The van der Waals surface area contributed by atoms with Crippen LogP contribution < -0.4 is 0 Å². The Morgan fingerprint density at radius 1 is 0.677 bits per heavy atom. The van der Waals surface area contributed by atoms with E-state index in [9.17, 15) is 0 Å². The van der Waals surface area contributed by atoms with Gasteiger partial charge < -0.3 is 4.42 Å². The van der Waals surface area contributed by atoms with Crippen molar-refractivity contribution >= 4 is 43.5 Å². The number of hydrogen-bond acceptors (Lipinski definition) is 3. The number of para-hydroxylation sites is 1. The Morgan fingerprint density at radius 2 is 1.48 bits per heavy atom. The molecule has 0 bridgehead atoms. The number of benzene rings is 4. The largest absolute Gasteiger partial charge is 0.455 e. The van der Waals surface area contributed by atoms with Crippen LogP contribution in [0.15, 0.2) is 83.5 Å². The molecule has 0 radical (unpaired) electrons. The van der Waals surface area contributed by atoms with E-state index in [1.165, 1.54) is 21.5 Å². The van der Waals surface area contributed by atoms with Crippen molar-refractivity contribution in [1.82, 2.24) is 9.97 Å². The molecule has 6 aromatic rings. The van der Waals surface area contributed by atoms with E-state index in [-0.39, 0.29) is 5.41 Å². The highest BCUT2D eigenvalue weighted by atomic mass is 16.3. The van der Waals surface area contributed by atoms with Gasteiger partial charge in [-0.05, 0) is 45.8 Å². The van der Waals surface area contributed by atoms with Crippen LogP contribution in [0.4, 0.5) is 0 Å². The highest BCUT2D eigenvalue weighted by Crippen LogP contribution is 2.38. The van der Waals surface area contributed by atoms with Gasteiger partial charge in [-0.1, -0.05) is 69.3 Å². The zero-order valence-electron chi connectivity index (χ0n) is 17.8. The fourth-order valence-electron chi connectivity index (χ4n) is 4.42. The van der Waals surface area contributed by atoms with E-state index < -0.39 is 0 Å². The van der Waals surface area contributed by atoms with Gasteiger partial charge in [0.15, 0.2) is 0 Å². The van der Waals surface area contributed by atoms with E-state index in [1.807, 2.05) is 0 Å². The van der Waals surface area contributed by atoms with Gasteiger partial charge in [-0.3, -0.25) is 0 Å². The monoisotopic (exact) mass is 402 g/mol. The molecule has 3 heteroatoms. The molecule has 0 N–H and O–H groups in total. The predicted octanol–water partition coefficient (Wildman–Crippen LogP) is 7.65. The zero-order chi connectivity index (χ0) is 21.2. The lowest BCUT2D eigenvalue weighted by atomic mass is 9.91. The first kappa shape index (κ1) is 18.1. The fraction of sp³-hybridized carbons (Fsp3) is 0.143. The normalized spacial score (nSPS) is 12.4. The van der Waals surface area contributed by atoms with E-state index in [1.54, 1.807) is 6.33 Å². The number of fused-ring (bicyclic) bond motifs is 6. The summed E-state index contributed by atoms with van der Waals surface area (Å²) >= 11 is 0.